The summed E-state index contributed by atoms with van der Waals surface area (Å²) in [4.78, 5) is 23.3. The van der Waals surface area contributed by atoms with Gasteiger partial charge in [-0.2, -0.15) is 0 Å². The molecule has 3 atom stereocenters. The predicted octanol–water partition coefficient (Wildman–Crippen LogP) is 2.43. The SMILES string of the molecule is CC1(C)CCCC(NC(=O)[C@H]2[C@@H](C(=O)O)C2(C)C)C1. The van der Waals surface area contributed by atoms with Crippen molar-refractivity contribution in [2.45, 2.75) is 59.4 Å². The van der Waals surface area contributed by atoms with Crippen LogP contribution in [0.15, 0.2) is 0 Å². The van der Waals surface area contributed by atoms with Gasteiger partial charge in [0.25, 0.3) is 0 Å². The van der Waals surface area contributed by atoms with Gasteiger partial charge in [-0.05, 0) is 30.1 Å². The Morgan fingerprint density at radius 3 is 2.26 bits per heavy atom. The molecule has 2 aliphatic carbocycles. The van der Waals surface area contributed by atoms with Crippen molar-refractivity contribution in [3.8, 4) is 0 Å². The van der Waals surface area contributed by atoms with Crippen LogP contribution in [0.4, 0.5) is 0 Å². The second kappa shape index (κ2) is 4.50. The van der Waals surface area contributed by atoms with E-state index in [9.17, 15) is 9.59 Å². The molecule has 2 N–H and O–H groups in total. The summed E-state index contributed by atoms with van der Waals surface area (Å²) in [5.41, 5.74) is -0.123. The lowest BCUT2D eigenvalue weighted by Gasteiger charge is -2.35. The highest BCUT2D eigenvalue weighted by molar-refractivity contribution is 5.91. The lowest BCUT2D eigenvalue weighted by Crippen LogP contribution is -2.42. The number of aliphatic carboxylic acids is 1. The van der Waals surface area contributed by atoms with Crippen LogP contribution in [0.25, 0.3) is 0 Å². The number of amides is 1. The standard InChI is InChI=1S/C15H25NO3/c1-14(2)7-5-6-9(8-14)16-12(17)10-11(13(18)19)15(10,3)4/h9-11H,5-8H2,1-4H3,(H,16,17)(H,18,19)/t9?,10-,11+/m1/s1. The lowest BCUT2D eigenvalue weighted by atomic mass is 9.75. The molecule has 2 saturated carbocycles. The summed E-state index contributed by atoms with van der Waals surface area (Å²) < 4.78 is 0. The Balaban J connectivity index is 1.94. The maximum atomic E-state index is 12.2. The summed E-state index contributed by atoms with van der Waals surface area (Å²) in [6.45, 7) is 8.18. The third kappa shape index (κ3) is 2.77. The number of carboxylic acids is 1. The second-order valence-corrected chi connectivity index (χ2v) is 7.58. The van der Waals surface area contributed by atoms with Gasteiger partial charge >= 0.3 is 5.97 Å². The molecular formula is C15H25NO3. The molecule has 0 radical (unpaired) electrons. The third-order valence-electron chi connectivity index (χ3n) is 4.93. The summed E-state index contributed by atoms with van der Waals surface area (Å²) in [5.74, 6) is -1.81. The van der Waals surface area contributed by atoms with Crippen molar-refractivity contribution in [1.29, 1.82) is 0 Å². The maximum absolute atomic E-state index is 12.2. The first-order valence-electron chi connectivity index (χ1n) is 7.18. The molecule has 0 aromatic heterocycles. The number of carbonyl (C=O) groups excluding carboxylic acids is 1. The van der Waals surface area contributed by atoms with Gasteiger partial charge in [-0.15, -0.1) is 0 Å². The summed E-state index contributed by atoms with van der Waals surface area (Å²) in [6.07, 6.45) is 4.34. The summed E-state index contributed by atoms with van der Waals surface area (Å²) >= 11 is 0. The number of rotatable bonds is 3. The van der Waals surface area contributed by atoms with E-state index in [0.29, 0.717) is 0 Å². The Kier molecular flexibility index (Phi) is 3.40. The zero-order chi connectivity index (χ0) is 14.4. The average Bonchev–Trinajstić information content (AvgIpc) is 2.80. The van der Waals surface area contributed by atoms with Crippen LogP contribution in [-0.4, -0.2) is 23.0 Å². The molecule has 0 heterocycles. The van der Waals surface area contributed by atoms with Crippen molar-refractivity contribution in [3.63, 3.8) is 0 Å². The zero-order valence-electron chi connectivity index (χ0n) is 12.3. The van der Waals surface area contributed by atoms with Crippen LogP contribution in [0.3, 0.4) is 0 Å². The normalized spacial score (nSPS) is 35.5. The smallest absolute Gasteiger partial charge is 0.307 e. The van der Waals surface area contributed by atoms with Gasteiger partial charge in [0.1, 0.15) is 0 Å². The van der Waals surface area contributed by atoms with E-state index < -0.39 is 17.3 Å². The molecule has 0 saturated heterocycles. The van der Waals surface area contributed by atoms with Gasteiger partial charge in [0.05, 0.1) is 11.8 Å². The van der Waals surface area contributed by atoms with E-state index in [2.05, 4.69) is 19.2 Å². The molecule has 1 unspecified atom stereocenters. The first kappa shape index (κ1) is 14.4. The maximum Gasteiger partial charge on any atom is 0.307 e. The van der Waals surface area contributed by atoms with E-state index in [1.165, 1.54) is 6.42 Å². The monoisotopic (exact) mass is 267 g/mol. The molecule has 1 amide bonds. The Hall–Kier alpha value is -1.06. The fraction of sp³-hybridized carbons (Fsp3) is 0.867. The van der Waals surface area contributed by atoms with E-state index >= 15 is 0 Å². The average molecular weight is 267 g/mol. The van der Waals surface area contributed by atoms with Crippen LogP contribution < -0.4 is 5.32 Å². The van der Waals surface area contributed by atoms with Crippen LogP contribution in [0.1, 0.15) is 53.4 Å². The molecule has 0 aliphatic heterocycles. The van der Waals surface area contributed by atoms with E-state index in [-0.39, 0.29) is 23.3 Å². The van der Waals surface area contributed by atoms with E-state index in [4.69, 9.17) is 5.11 Å². The highest BCUT2D eigenvalue weighted by Crippen LogP contribution is 2.58. The highest BCUT2D eigenvalue weighted by atomic mass is 16.4. The molecule has 0 spiro atoms. The zero-order valence-corrected chi connectivity index (χ0v) is 12.3. The minimum atomic E-state index is -0.853. The first-order valence-corrected chi connectivity index (χ1v) is 7.18. The van der Waals surface area contributed by atoms with Gasteiger partial charge in [0, 0.05) is 6.04 Å². The number of hydrogen-bond acceptors (Lipinski definition) is 2. The quantitative estimate of drug-likeness (QED) is 0.825. The molecule has 108 valence electrons. The minimum absolute atomic E-state index is 0.0694. The molecule has 0 aromatic carbocycles. The largest absolute Gasteiger partial charge is 0.481 e. The van der Waals surface area contributed by atoms with E-state index in [1.807, 2.05) is 13.8 Å². The second-order valence-electron chi connectivity index (χ2n) is 7.58. The molecule has 4 nitrogen and oxygen atoms in total. The van der Waals surface area contributed by atoms with Crippen molar-refractivity contribution >= 4 is 11.9 Å². The highest BCUT2D eigenvalue weighted by Gasteiger charge is 2.66. The summed E-state index contributed by atoms with van der Waals surface area (Å²) in [5, 5.41) is 12.2. The van der Waals surface area contributed by atoms with Crippen molar-refractivity contribution < 1.29 is 14.7 Å². The number of hydrogen-bond donors (Lipinski definition) is 2. The predicted molar refractivity (Wildman–Crippen MR) is 72.6 cm³/mol. The number of carboxylic acid groups (broad SMARTS) is 1. The molecule has 2 rings (SSSR count). The van der Waals surface area contributed by atoms with Crippen LogP contribution >= 0.6 is 0 Å². The number of nitrogens with one attached hydrogen (secondary N) is 1. The molecule has 2 fully saturated rings. The van der Waals surface area contributed by atoms with Gasteiger partial charge in [-0.1, -0.05) is 34.1 Å². The summed E-state index contributed by atoms with van der Waals surface area (Å²) in [7, 11) is 0. The number of carbonyl (C=O) groups is 2. The van der Waals surface area contributed by atoms with Crippen LogP contribution in [0.5, 0.6) is 0 Å². The van der Waals surface area contributed by atoms with Crippen molar-refractivity contribution in [3.05, 3.63) is 0 Å². The Morgan fingerprint density at radius 2 is 1.79 bits per heavy atom. The molecule has 19 heavy (non-hydrogen) atoms. The van der Waals surface area contributed by atoms with Crippen molar-refractivity contribution in [2.75, 3.05) is 0 Å². The van der Waals surface area contributed by atoms with Crippen LogP contribution in [0.2, 0.25) is 0 Å². The van der Waals surface area contributed by atoms with E-state index in [1.54, 1.807) is 0 Å². The fourth-order valence-corrected chi connectivity index (χ4v) is 3.70. The topological polar surface area (TPSA) is 66.4 Å². The Labute approximate surface area is 115 Å². The fourth-order valence-electron chi connectivity index (χ4n) is 3.70. The van der Waals surface area contributed by atoms with Crippen LogP contribution in [0, 0.1) is 22.7 Å². The summed E-state index contributed by atoms with van der Waals surface area (Å²) in [6, 6.07) is 0.210. The van der Waals surface area contributed by atoms with Crippen molar-refractivity contribution in [1.82, 2.24) is 5.32 Å². The molecule has 0 aromatic rings. The van der Waals surface area contributed by atoms with Gasteiger partial charge in [0.15, 0.2) is 0 Å². The molecule has 2 aliphatic rings. The third-order valence-corrected chi connectivity index (χ3v) is 4.93. The van der Waals surface area contributed by atoms with Gasteiger partial charge in [-0.3, -0.25) is 9.59 Å². The Morgan fingerprint density at radius 1 is 1.16 bits per heavy atom. The van der Waals surface area contributed by atoms with Crippen molar-refractivity contribution in [2.24, 2.45) is 22.7 Å². The Bertz CT molecular complexity index is 400. The first-order chi connectivity index (χ1) is 8.65. The minimum Gasteiger partial charge on any atom is -0.481 e. The lowest BCUT2D eigenvalue weighted by molar-refractivity contribution is -0.140. The van der Waals surface area contributed by atoms with Gasteiger partial charge < -0.3 is 10.4 Å². The molecule has 4 heteroatoms. The van der Waals surface area contributed by atoms with Gasteiger partial charge in [-0.25, -0.2) is 0 Å². The van der Waals surface area contributed by atoms with E-state index in [0.717, 1.165) is 19.3 Å². The van der Waals surface area contributed by atoms with Gasteiger partial charge in [0.2, 0.25) is 5.91 Å². The molecule has 0 bridgehead atoms. The van der Waals surface area contributed by atoms with Crippen LogP contribution in [-0.2, 0) is 9.59 Å². The molecular weight excluding hydrogens is 242 g/mol.